The van der Waals surface area contributed by atoms with Crippen molar-refractivity contribution < 1.29 is 4.79 Å². The highest BCUT2D eigenvalue weighted by molar-refractivity contribution is 6.09. The van der Waals surface area contributed by atoms with Gasteiger partial charge in [-0.2, -0.15) is 0 Å². The molecule has 0 fully saturated rings. The Morgan fingerprint density at radius 1 is 1.26 bits per heavy atom. The topological polar surface area (TPSA) is 56.0 Å². The van der Waals surface area contributed by atoms with Crippen molar-refractivity contribution in [3.05, 3.63) is 35.0 Å². The van der Waals surface area contributed by atoms with Crippen molar-refractivity contribution >= 4 is 22.4 Å². The Morgan fingerprint density at radius 2 is 2.00 bits per heavy atom. The Hall–Kier alpha value is -1.90. The Labute approximate surface area is 112 Å². The zero-order valence-electron chi connectivity index (χ0n) is 11.6. The highest BCUT2D eigenvalue weighted by atomic mass is 16.1. The van der Waals surface area contributed by atoms with E-state index in [4.69, 9.17) is 5.73 Å². The number of nitrogens with zero attached hydrogens (tertiary/aromatic N) is 1. The van der Waals surface area contributed by atoms with Crippen molar-refractivity contribution in [2.24, 2.45) is 5.41 Å². The summed E-state index contributed by atoms with van der Waals surface area (Å²) < 4.78 is 0. The van der Waals surface area contributed by atoms with Crippen molar-refractivity contribution in [1.29, 1.82) is 0 Å². The summed E-state index contributed by atoms with van der Waals surface area (Å²) in [6.45, 7) is 6.22. The van der Waals surface area contributed by atoms with Crippen molar-refractivity contribution in [3.63, 3.8) is 0 Å². The first kappa shape index (κ1) is 12.2. The second-order valence-electron chi connectivity index (χ2n) is 6.31. The predicted octanol–water partition coefficient (Wildman–Crippen LogP) is 3.28. The lowest BCUT2D eigenvalue weighted by Gasteiger charge is -2.30. The van der Waals surface area contributed by atoms with Gasteiger partial charge in [0.25, 0.3) is 0 Å². The molecule has 0 unspecified atom stereocenters. The maximum absolute atomic E-state index is 12.3. The molecule has 3 rings (SSSR count). The second-order valence-corrected chi connectivity index (χ2v) is 6.31. The van der Waals surface area contributed by atoms with Crippen LogP contribution in [0.4, 0.5) is 5.69 Å². The molecule has 3 nitrogen and oxygen atoms in total. The molecule has 0 spiro atoms. The van der Waals surface area contributed by atoms with Gasteiger partial charge in [0.2, 0.25) is 0 Å². The van der Waals surface area contributed by atoms with E-state index in [2.05, 4.69) is 18.8 Å². The maximum atomic E-state index is 12.3. The summed E-state index contributed by atoms with van der Waals surface area (Å²) in [6.07, 6.45) is 1.35. The number of aromatic nitrogens is 1. The van der Waals surface area contributed by atoms with Crippen LogP contribution in [0.3, 0.4) is 0 Å². The van der Waals surface area contributed by atoms with Gasteiger partial charge in [0.1, 0.15) is 0 Å². The molecule has 0 saturated heterocycles. The smallest absolute Gasteiger partial charge is 0.167 e. The lowest BCUT2D eigenvalue weighted by Crippen LogP contribution is -2.28. The zero-order chi connectivity index (χ0) is 13.8. The van der Waals surface area contributed by atoms with Crippen LogP contribution in [0.25, 0.3) is 10.9 Å². The Balaban J connectivity index is 2.33. The number of nitrogen functional groups attached to an aromatic ring is 1. The van der Waals surface area contributed by atoms with Crippen LogP contribution in [-0.4, -0.2) is 10.8 Å². The number of benzene rings is 1. The standard InChI is InChI=1S/C16H18N2O/c1-9-4-5-11-10(6-9)15(17)14-12(18-11)7-16(2,3)8-13(14)19/h4-6H,7-8H2,1-3H3,(H2,17,18). The SMILES string of the molecule is Cc1ccc2nc3c(c(N)c2c1)C(=O)CC(C)(C)C3. The van der Waals surface area contributed by atoms with Gasteiger partial charge < -0.3 is 5.73 Å². The van der Waals surface area contributed by atoms with Gasteiger partial charge in [0.15, 0.2) is 5.78 Å². The van der Waals surface area contributed by atoms with Crippen molar-refractivity contribution in [2.75, 3.05) is 5.73 Å². The normalized spacial score (nSPS) is 17.5. The largest absolute Gasteiger partial charge is 0.398 e. The molecule has 0 amide bonds. The summed E-state index contributed by atoms with van der Waals surface area (Å²) in [7, 11) is 0. The fourth-order valence-corrected chi connectivity index (χ4v) is 2.93. The average molecular weight is 254 g/mol. The number of rotatable bonds is 0. The minimum Gasteiger partial charge on any atom is -0.398 e. The first-order valence-corrected chi connectivity index (χ1v) is 6.59. The number of carbonyl (C=O) groups is 1. The van der Waals surface area contributed by atoms with Gasteiger partial charge in [-0.1, -0.05) is 25.5 Å². The number of pyridine rings is 1. The molecule has 1 aromatic heterocycles. The molecule has 2 aromatic rings. The molecule has 19 heavy (non-hydrogen) atoms. The summed E-state index contributed by atoms with van der Waals surface area (Å²) in [4.78, 5) is 17.0. The van der Waals surface area contributed by atoms with Crippen LogP contribution in [0.2, 0.25) is 0 Å². The summed E-state index contributed by atoms with van der Waals surface area (Å²) in [5, 5.41) is 0.895. The number of fused-ring (bicyclic) bond motifs is 2. The van der Waals surface area contributed by atoms with E-state index < -0.39 is 0 Å². The second kappa shape index (κ2) is 3.80. The van der Waals surface area contributed by atoms with Crippen molar-refractivity contribution in [2.45, 2.75) is 33.6 Å². The molecule has 98 valence electrons. The van der Waals surface area contributed by atoms with Crippen LogP contribution in [0, 0.1) is 12.3 Å². The van der Waals surface area contributed by atoms with E-state index in [0.717, 1.165) is 28.6 Å². The molecule has 1 heterocycles. The van der Waals surface area contributed by atoms with Crippen LogP contribution < -0.4 is 5.73 Å². The molecule has 1 aliphatic rings. The first-order valence-electron chi connectivity index (χ1n) is 6.59. The number of carbonyl (C=O) groups excluding carboxylic acids is 1. The Morgan fingerprint density at radius 3 is 2.74 bits per heavy atom. The molecule has 0 aliphatic heterocycles. The number of Topliss-reactive ketones (excluding diaryl/α,β-unsaturated/α-hetero) is 1. The molecule has 0 saturated carbocycles. The minimum absolute atomic E-state index is 0.0259. The van der Waals surface area contributed by atoms with E-state index in [1.807, 2.05) is 25.1 Å². The van der Waals surface area contributed by atoms with E-state index in [1.165, 1.54) is 0 Å². The van der Waals surface area contributed by atoms with Gasteiger partial charge >= 0.3 is 0 Å². The van der Waals surface area contributed by atoms with Crippen LogP contribution in [-0.2, 0) is 6.42 Å². The first-order chi connectivity index (χ1) is 8.87. The molecule has 2 N–H and O–H groups in total. The molecule has 0 radical (unpaired) electrons. The van der Waals surface area contributed by atoms with E-state index in [1.54, 1.807) is 0 Å². The lowest BCUT2D eigenvalue weighted by atomic mass is 9.75. The third-order valence-corrected chi connectivity index (χ3v) is 3.82. The van der Waals surface area contributed by atoms with Gasteiger partial charge in [-0.15, -0.1) is 0 Å². The van der Waals surface area contributed by atoms with E-state index in [0.29, 0.717) is 17.7 Å². The molecule has 0 atom stereocenters. The number of hydrogen-bond donors (Lipinski definition) is 1. The van der Waals surface area contributed by atoms with Gasteiger partial charge in [0.05, 0.1) is 22.5 Å². The van der Waals surface area contributed by atoms with Crippen LogP contribution in [0.1, 0.15) is 41.9 Å². The van der Waals surface area contributed by atoms with Crippen LogP contribution in [0.15, 0.2) is 18.2 Å². The fraction of sp³-hybridized carbons (Fsp3) is 0.375. The minimum atomic E-state index is -0.0259. The third kappa shape index (κ3) is 1.89. The molecular weight excluding hydrogens is 236 g/mol. The van der Waals surface area contributed by atoms with E-state index in [9.17, 15) is 4.79 Å². The van der Waals surface area contributed by atoms with Crippen molar-refractivity contribution in [3.8, 4) is 0 Å². The van der Waals surface area contributed by atoms with Gasteiger partial charge in [-0.25, -0.2) is 0 Å². The molecule has 0 bridgehead atoms. The third-order valence-electron chi connectivity index (χ3n) is 3.82. The Bertz CT molecular complexity index is 701. The molecular formula is C16H18N2O. The summed E-state index contributed by atoms with van der Waals surface area (Å²) >= 11 is 0. The van der Waals surface area contributed by atoms with Crippen LogP contribution in [0.5, 0.6) is 0 Å². The molecule has 1 aliphatic carbocycles. The molecule has 1 aromatic carbocycles. The zero-order valence-corrected chi connectivity index (χ0v) is 11.6. The van der Waals surface area contributed by atoms with Crippen molar-refractivity contribution in [1.82, 2.24) is 4.98 Å². The fourth-order valence-electron chi connectivity index (χ4n) is 2.93. The Kier molecular flexibility index (Phi) is 2.43. The van der Waals surface area contributed by atoms with Gasteiger partial charge in [-0.3, -0.25) is 9.78 Å². The van der Waals surface area contributed by atoms with Gasteiger partial charge in [0, 0.05) is 11.8 Å². The van der Waals surface area contributed by atoms with E-state index >= 15 is 0 Å². The highest BCUT2D eigenvalue weighted by Crippen LogP contribution is 2.38. The average Bonchev–Trinajstić information content (AvgIpc) is 2.28. The monoisotopic (exact) mass is 254 g/mol. The highest BCUT2D eigenvalue weighted by Gasteiger charge is 2.33. The predicted molar refractivity (Wildman–Crippen MR) is 77.3 cm³/mol. The number of ketones is 1. The number of aryl methyl sites for hydroxylation is 1. The number of anilines is 1. The summed E-state index contributed by atoms with van der Waals surface area (Å²) in [5.41, 5.74) is 10.3. The summed E-state index contributed by atoms with van der Waals surface area (Å²) in [6, 6.07) is 6.01. The van der Waals surface area contributed by atoms with E-state index in [-0.39, 0.29) is 11.2 Å². The number of hydrogen-bond acceptors (Lipinski definition) is 3. The quantitative estimate of drug-likeness (QED) is 0.785. The van der Waals surface area contributed by atoms with Crippen LogP contribution >= 0.6 is 0 Å². The molecule has 3 heteroatoms. The lowest BCUT2D eigenvalue weighted by molar-refractivity contribution is 0.0912. The van der Waals surface area contributed by atoms with Gasteiger partial charge in [-0.05, 0) is 30.9 Å². The maximum Gasteiger partial charge on any atom is 0.167 e. The number of nitrogens with two attached hydrogens (primary N) is 1. The summed E-state index contributed by atoms with van der Waals surface area (Å²) in [5.74, 6) is 0.125.